The predicted molar refractivity (Wildman–Crippen MR) is 224 cm³/mol. The van der Waals surface area contributed by atoms with Crippen molar-refractivity contribution in [1.82, 2.24) is 0 Å². The molecule has 1 heterocycles. The lowest BCUT2D eigenvalue weighted by Gasteiger charge is -2.44. The SMILES string of the molecule is CCCCCC(=O)OC\C(C=C=C1C(C)(C)C[C@H](OC(C)=O)C[C@@]1(C)O)=C/C=C/C(C)=C/C=C/C=C(C)/C=C/C=C(\C)C(=O)C[C@@]12O[C@]1(C)C[C@@H](O)CC2(C)C. The van der Waals surface area contributed by atoms with Crippen molar-refractivity contribution in [3.8, 4) is 0 Å². The molecule has 3 fully saturated rings. The molecule has 0 unspecified atom stereocenters. The smallest absolute Gasteiger partial charge is 0.306 e. The van der Waals surface area contributed by atoms with Crippen LogP contribution in [0.3, 0.4) is 0 Å². The molecule has 0 aromatic rings. The van der Waals surface area contributed by atoms with Gasteiger partial charge in [0.05, 0.1) is 17.3 Å². The molecule has 3 aliphatic rings. The molecule has 0 aromatic heterocycles. The van der Waals surface area contributed by atoms with E-state index in [1.54, 1.807) is 13.0 Å². The largest absolute Gasteiger partial charge is 0.462 e. The summed E-state index contributed by atoms with van der Waals surface area (Å²) in [5.74, 6) is -0.548. The Bertz CT molecular complexity index is 1710. The number of aliphatic hydroxyl groups is 2. The molecule has 0 bridgehead atoms. The normalized spacial score (nSPS) is 29.3. The number of hydrogen-bond donors (Lipinski definition) is 2. The number of aliphatic hydroxyl groups excluding tert-OH is 1. The van der Waals surface area contributed by atoms with Gasteiger partial charge in [-0.2, -0.15) is 0 Å². The third-order valence-electron chi connectivity index (χ3n) is 11.4. The number of esters is 2. The fourth-order valence-electron chi connectivity index (χ4n) is 8.55. The minimum atomic E-state index is -1.23. The van der Waals surface area contributed by atoms with Crippen molar-refractivity contribution in [3.63, 3.8) is 0 Å². The number of fused-ring (bicyclic) bond motifs is 1. The molecule has 8 nitrogen and oxygen atoms in total. The average molecular weight is 773 g/mol. The molecule has 1 saturated heterocycles. The Morgan fingerprint density at radius 1 is 0.839 bits per heavy atom. The number of Topliss-reactive ketones (excluding diaryl/α,β-unsaturated/α-hetero) is 1. The van der Waals surface area contributed by atoms with Crippen molar-refractivity contribution in [2.75, 3.05) is 6.61 Å². The minimum Gasteiger partial charge on any atom is -0.462 e. The fourth-order valence-corrected chi connectivity index (χ4v) is 8.55. The van der Waals surface area contributed by atoms with Crippen LogP contribution in [0.25, 0.3) is 0 Å². The number of ketones is 1. The van der Waals surface area contributed by atoms with Gasteiger partial charge in [0.25, 0.3) is 0 Å². The highest BCUT2D eigenvalue weighted by Crippen LogP contribution is 2.67. The Morgan fingerprint density at radius 2 is 1.46 bits per heavy atom. The second kappa shape index (κ2) is 19.6. The van der Waals surface area contributed by atoms with E-state index in [-0.39, 0.29) is 42.3 Å². The average Bonchev–Trinajstić information content (AvgIpc) is 3.68. The summed E-state index contributed by atoms with van der Waals surface area (Å²) in [5.41, 5.74) is 4.50. The minimum absolute atomic E-state index is 0.0634. The Labute approximate surface area is 336 Å². The van der Waals surface area contributed by atoms with E-state index < -0.39 is 28.3 Å². The van der Waals surface area contributed by atoms with Crippen LogP contribution >= 0.6 is 0 Å². The van der Waals surface area contributed by atoms with Gasteiger partial charge in [0.1, 0.15) is 18.3 Å². The monoisotopic (exact) mass is 772 g/mol. The van der Waals surface area contributed by atoms with E-state index in [0.29, 0.717) is 43.3 Å². The molecule has 56 heavy (non-hydrogen) atoms. The maximum Gasteiger partial charge on any atom is 0.306 e. The number of hydrogen-bond acceptors (Lipinski definition) is 8. The third-order valence-corrected chi connectivity index (χ3v) is 11.4. The van der Waals surface area contributed by atoms with Crippen molar-refractivity contribution >= 4 is 17.7 Å². The van der Waals surface area contributed by atoms with Gasteiger partial charge < -0.3 is 24.4 Å². The molecule has 8 heteroatoms. The summed E-state index contributed by atoms with van der Waals surface area (Å²) in [6, 6.07) is 0. The lowest BCUT2D eigenvalue weighted by molar-refractivity contribution is -0.152. The molecule has 0 amide bonds. The highest BCUT2D eigenvalue weighted by Gasteiger charge is 2.76. The molecule has 0 aromatic carbocycles. The molecule has 0 radical (unpaired) electrons. The van der Waals surface area contributed by atoms with Crippen LogP contribution in [0.1, 0.15) is 134 Å². The maximum absolute atomic E-state index is 13.2. The van der Waals surface area contributed by atoms with E-state index in [4.69, 9.17) is 14.2 Å². The number of carbonyl (C=O) groups is 3. The van der Waals surface area contributed by atoms with Gasteiger partial charge in [0, 0.05) is 38.2 Å². The zero-order chi connectivity index (χ0) is 42.0. The van der Waals surface area contributed by atoms with Crippen LogP contribution in [0.4, 0.5) is 0 Å². The molecule has 3 rings (SSSR count). The van der Waals surface area contributed by atoms with Crippen LogP contribution in [0.5, 0.6) is 0 Å². The maximum atomic E-state index is 13.2. The van der Waals surface area contributed by atoms with E-state index in [1.165, 1.54) is 6.92 Å². The van der Waals surface area contributed by atoms with E-state index in [9.17, 15) is 24.6 Å². The molecule has 5 atom stereocenters. The summed E-state index contributed by atoms with van der Waals surface area (Å²) in [6.45, 7) is 21.3. The van der Waals surface area contributed by atoms with E-state index in [2.05, 4.69) is 26.5 Å². The highest BCUT2D eigenvalue weighted by atomic mass is 16.6. The van der Waals surface area contributed by atoms with Crippen LogP contribution in [0.15, 0.2) is 100 Å². The molecule has 1 aliphatic heterocycles. The van der Waals surface area contributed by atoms with Crippen molar-refractivity contribution in [2.45, 2.75) is 163 Å². The van der Waals surface area contributed by atoms with Crippen molar-refractivity contribution in [1.29, 1.82) is 0 Å². The number of unbranched alkanes of at least 4 members (excludes halogenated alkanes) is 2. The van der Waals surface area contributed by atoms with Crippen LogP contribution in [-0.4, -0.2) is 63.6 Å². The molecule has 2 N–H and O–H groups in total. The molecular formula is C48H68O8. The van der Waals surface area contributed by atoms with Gasteiger partial charge in [-0.15, -0.1) is 5.73 Å². The number of epoxide rings is 1. The number of carbonyl (C=O) groups excluding carboxylic acids is 3. The fraction of sp³-hybridized carbons (Fsp3) is 0.583. The standard InChI is InChI=1S/C48H68O8/c1-12-13-14-25-43(52)54-33-38(26-27-42-44(6,7)30-40(55-37(5)49)31-46(42,10)53)24-18-22-35(3)20-16-15-19-34(2)21-17-23-36(4)41(51)32-48-45(8,9)28-39(50)29-47(48,11)56-48/h15-24,26,39-40,50,53H,12-14,25,28-33H2,1-11H3/b16-15+,21-17+,22-18+,34-19+,35-20+,36-23+,38-24-/t27?,39-,40-,46+,47+,48-/m0/s1. The van der Waals surface area contributed by atoms with Crippen LogP contribution in [0, 0.1) is 10.8 Å². The lowest BCUT2D eigenvalue weighted by atomic mass is 9.61. The van der Waals surface area contributed by atoms with Crippen molar-refractivity contribution in [3.05, 3.63) is 100 Å². The quantitative estimate of drug-likeness (QED) is 0.0374. The first kappa shape index (κ1) is 46.6. The highest BCUT2D eigenvalue weighted by molar-refractivity contribution is 5.96. The number of allylic oxidation sites excluding steroid dienone is 13. The van der Waals surface area contributed by atoms with Crippen LogP contribution in [-0.2, 0) is 28.6 Å². The Kier molecular flexibility index (Phi) is 16.3. The number of ether oxygens (including phenoxy) is 3. The summed E-state index contributed by atoms with van der Waals surface area (Å²) in [7, 11) is 0. The zero-order valence-electron chi connectivity index (χ0n) is 35.9. The van der Waals surface area contributed by atoms with Crippen molar-refractivity contribution < 1.29 is 38.8 Å². The molecule has 2 aliphatic carbocycles. The lowest BCUT2D eigenvalue weighted by Crippen LogP contribution is -2.48. The summed E-state index contributed by atoms with van der Waals surface area (Å²) in [5, 5.41) is 21.7. The first-order valence-electron chi connectivity index (χ1n) is 20.2. The van der Waals surface area contributed by atoms with Gasteiger partial charge in [-0.25, -0.2) is 0 Å². The molecule has 2 saturated carbocycles. The Hall–Kier alpha value is -3.81. The van der Waals surface area contributed by atoms with Crippen molar-refractivity contribution in [2.24, 2.45) is 10.8 Å². The van der Waals surface area contributed by atoms with E-state index >= 15 is 0 Å². The number of rotatable bonds is 17. The van der Waals surface area contributed by atoms with E-state index in [0.717, 1.165) is 36.0 Å². The van der Waals surface area contributed by atoms with Gasteiger partial charge in [0.2, 0.25) is 0 Å². The predicted octanol–water partition coefficient (Wildman–Crippen LogP) is 9.80. The Balaban J connectivity index is 1.67. The zero-order valence-corrected chi connectivity index (χ0v) is 35.9. The van der Waals surface area contributed by atoms with Crippen LogP contribution in [0.2, 0.25) is 0 Å². The van der Waals surface area contributed by atoms with E-state index in [1.807, 2.05) is 102 Å². The summed E-state index contributed by atoms with van der Waals surface area (Å²) >= 11 is 0. The summed E-state index contributed by atoms with van der Waals surface area (Å²) < 4.78 is 17.3. The molecular weight excluding hydrogens is 705 g/mol. The van der Waals surface area contributed by atoms with Gasteiger partial charge in [-0.3, -0.25) is 14.4 Å². The first-order chi connectivity index (χ1) is 26.1. The topological polar surface area (TPSA) is 123 Å². The van der Waals surface area contributed by atoms with Gasteiger partial charge in [-0.1, -0.05) is 119 Å². The summed E-state index contributed by atoms with van der Waals surface area (Å²) in [6.07, 6.45) is 25.8. The second-order valence-corrected chi connectivity index (χ2v) is 17.8. The molecule has 0 spiro atoms. The summed E-state index contributed by atoms with van der Waals surface area (Å²) in [4.78, 5) is 37.2. The van der Waals surface area contributed by atoms with Gasteiger partial charge in [-0.05, 0) is 81.9 Å². The first-order valence-corrected chi connectivity index (χ1v) is 20.2. The van der Waals surface area contributed by atoms with Crippen LogP contribution < -0.4 is 0 Å². The van der Waals surface area contributed by atoms with Gasteiger partial charge >= 0.3 is 11.9 Å². The third kappa shape index (κ3) is 12.9. The molecule has 308 valence electrons. The van der Waals surface area contributed by atoms with Gasteiger partial charge in [0.15, 0.2) is 5.78 Å². The second-order valence-electron chi connectivity index (χ2n) is 17.8. The Morgan fingerprint density at radius 3 is 2.04 bits per heavy atom.